The number of carbonyl (C=O) groups excluding carboxylic acids is 1. The van der Waals surface area contributed by atoms with Crippen molar-refractivity contribution < 1.29 is 9.53 Å². The molecule has 0 N–H and O–H groups in total. The van der Waals surface area contributed by atoms with Crippen LogP contribution in [-0.4, -0.2) is 6.29 Å². The maximum Gasteiger partial charge on any atom is 0.181 e. The van der Waals surface area contributed by atoms with Gasteiger partial charge in [-0.1, -0.05) is 29.0 Å². The molecule has 0 spiro atoms. The first-order valence-corrected chi connectivity index (χ1v) is 5.81. The number of hydrogen-bond acceptors (Lipinski definition) is 3. The molecule has 2 nitrogen and oxygen atoms in total. The zero-order chi connectivity index (χ0) is 11.5. The minimum atomic E-state index is 0.680. The van der Waals surface area contributed by atoms with Crippen molar-refractivity contribution in [1.29, 1.82) is 0 Å². The maximum absolute atomic E-state index is 10.5. The van der Waals surface area contributed by atoms with E-state index in [-0.39, 0.29) is 0 Å². The number of rotatable bonds is 3. The summed E-state index contributed by atoms with van der Waals surface area (Å²) in [5, 5.41) is 0.744. The molecule has 0 radical (unpaired) electrons. The van der Waals surface area contributed by atoms with Crippen molar-refractivity contribution in [2.75, 3.05) is 0 Å². The standard InChI is InChI=1S/C13H12O2S/c1-9-3-5-12(10(2)7-9)15-13-6-4-11(8-14)16-13/h3-8H,1-2H3. The van der Waals surface area contributed by atoms with E-state index in [0.29, 0.717) is 4.88 Å². The van der Waals surface area contributed by atoms with E-state index in [4.69, 9.17) is 4.74 Å². The summed E-state index contributed by atoms with van der Waals surface area (Å²) in [6.45, 7) is 4.06. The van der Waals surface area contributed by atoms with Crippen LogP contribution in [0.1, 0.15) is 20.8 Å². The summed E-state index contributed by atoms with van der Waals surface area (Å²) in [5.41, 5.74) is 2.31. The van der Waals surface area contributed by atoms with Crippen LogP contribution in [0.2, 0.25) is 0 Å². The molecular weight excluding hydrogens is 220 g/mol. The third-order valence-corrected chi connectivity index (χ3v) is 3.15. The number of thiophene rings is 1. The van der Waals surface area contributed by atoms with E-state index in [1.54, 1.807) is 6.07 Å². The van der Waals surface area contributed by atoms with E-state index in [1.807, 2.05) is 32.0 Å². The second kappa shape index (κ2) is 4.49. The molecule has 0 bridgehead atoms. The summed E-state index contributed by atoms with van der Waals surface area (Å²) >= 11 is 1.35. The minimum absolute atomic E-state index is 0.680. The average Bonchev–Trinajstić information content (AvgIpc) is 2.70. The quantitative estimate of drug-likeness (QED) is 0.748. The Labute approximate surface area is 98.5 Å². The highest BCUT2D eigenvalue weighted by atomic mass is 32.1. The molecule has 0 aliphatic heterocycles. The van der Waals surface area contributed by atoms with Gasteiger partial charge in [0, 0.05) is 0 Å². The summed E-state index contributed by atoms with van der Waals surface area (Å²) in [4.78, 5) is 11.2. The number of benzene rings is 1. The monoisotopic (exact) mass is 232 g/mol. The Hall–Kier alpha value is -1.61. The predicted octanol–water partition coefficient (Wildman–Crippen LogP) is 3.97. The van der Waals surface area contributed by atoms with Crippen LogP contribution in [0.15, 0.2) is 30.3 Å². The van der Waals surface area contributed by atoms with Crippen LogP contribution < -0.4 is 4.74 Å². The van der Waals surface area contributed by atoms with Gasteiger partial charge in [0.2, 0.25) is 0 Å². The van der Waals surface area contributed by atoms with Gasteiger partial charge in [0.25, 0.3) is 0 Å². The van der Waals surface area contributed by atoms with Crippen molar-refractivity contribution in [3.63, 3.8) is 0 Å². The Morgan fingerprint density at radius 2 is 2.00 bits per heavy atom. The molecule has 2 rings (SSSR count). The Kier molecular flexibility index (Phi) is 3.06. The van der Waals surface area contributed by atoms with Gasteiger partial charge in [-0.25, -0.2) is 0 Å². The second-order valence-corrected chi connectivity index (χ2v) is 4.72. The average molecular weight is 232 g/mol. The van der Waals surface area contributed by atoms with Crippen molar-refractivity contribution in [1.82, 2.24) is 0 Å². The van der Waals surface area contributed by atoms with Gasteiger partial charge in [-0.15, -0.1) is 0 Å². The predicted molar refractivity (Wildman–Crippen MR) is 65.7 cm³/mol. The fraction of sp³-hybridized carbons (Fsp3) is 0.154. The van der Waals surface area contributed by atoms with Gasteiger partial charge in [0.15, 0.2) is 11.3 Å². The van der Waals surface area contributed by atoms with Crippen LogP contribution in [0, 0.1) is 13.8 Å². The summed E-state index contributed by atoms with van der Waals surface area (Å²) in [7, 11) is 0. The second-order valence-electron chi connectivity index (χ2n) is 3.65. The Bertz CT molecular complexity index is 514. The molecule has 16 heavy (non-hydrogen) atoms. The summed E-state index contributed by atoms with van der Waals surface area (Å²) in [6, 6.07) is 9.61. The van der Waals surface area contributed by atoms with Crippen LogP contribution in [0.4, 0.5) is 0 Å². The fourth-order valence-electron chi connectivity index (χ4n) is 1.47. The first kappa shape index (κ1) is 10.9. The SMILES string of the molecule is Cc1ccc(Oc2ccc(C=O)s2)c(C)c1. The molecule has 0 fully saturated rings. The summed E-state index contributed by atoms with van der Waals surface area (Å²) in [6.07, 6.45) is 0.833. The van der Waals surface area contributed by atoms with Gasteiger partial charge in [-0.3, -0.25) is 4.79 Å². The van der Waals surface area contributed by atoms with Crippen molar-refractivity contribution in [2.24, 2.45) is 0 Å². The first-order chi connectivity index (χ1) is 7.69. The molecule has 0 saturated carbocycles. The van der Waals surface area contributed by atoms with Gasteiger partial charge in [0.05, 0.1) is 4.88 Å². The maximum atomic E-state index is 10.5. The Morgan fingerprint density at radius 1 is 1.19 bits per heavy atom. The van der Waals surface area contributed by atoms with Crippen molar-refractivity contribution >= 4 is 17.6 Å². The first-order valence-electron chi connectivity index (χ1n) is 4.99. The van der Waals surface area contributed by atoms with E-state index in [9.17, 15) is 4.79 Å². The minimum Gasteiger partial charge on any atom is -0.446 e. The molecule has 82 valence electrons. The zero-order valence-corrected chi connectivity index (χ0v) is 10.0. The molecule has 0 amide bonds. The number of ether oxygens (including phenoxy) is 1. The molecule has 1 aromatic carbocycles. The Balaban J connectivity index is 2.23. The lowest BCUT2D eigenvalue weighted by molar-refractivity contribution is 0.112. The molecule has 2 aromatic rings. The van der Waals surface area contributed by atoms with E-state index < -0.39 is 0 Å². The van der Waals surface area contributed by atoms with Gasteiger partial charge < -0.3 is 4.74 Å². The number of carbonyl (C=O) groups is 1. The van der Waals surface area contributed by atoms with Crippen LogP contribution in [0.3, 0.4) is 0 Å². The van der Waals surface area contributed by atoms with Gasteiger partial charge in [-0.2, -0.15) is 0 Å². The van der Waals surface area contributed by atoms with Crippen molar-refractivity contribution in [3.8, 4) is 10.8 Å². The summed E-state index contributed by atoms with van der Waals surface area (Å²) < 4.78 is 5.71. The molecule has 0 saturated heterocycles. The molecule has 3 heteroatoms. The molecule has 0 aliphatic carbocycles. The zero-order valence-electron chi connectivity index (χ0n) is 9.19. The lowest BCUT2D eigenvalue weighted by atomic mass is 10.1. The van der Waals surface area contributed by atoms with E-state index in [1.165, 1.54) is 16.9 Å². The third-order valence-electron chi connectivity index (χ3n) is 2.26. The number of aryl methyl sites for hydroxylation is 2. The molecule has 0 unspecified atom stereocenters. The highest BCUT2D eigenvalue weighted by Gasteiger charge is 2.04. The highest BCUT2D eigenvalue weighted by Crippen LogP contribution is 2.30. The van der Waals surface area contributed by atoms with Crippen LogP contribution >= 0.6 is 11.3 Å². The molecular formula is C13H12O2S. The molecule has 1 heterocycles. The van der Waals surface area contributed by atoms with Crippen LogP contribution in [0.25, 0.3) is 0 Å². The van der Waals surface area contributed by atoms with Crippen molar-refractivity contribution in [2.45, 2.75) is 13.8 Å². The van der Waals surface area contributed by atoms with E-state index >= 15 is 0 Å². The number of hydrogen-bond donors (Lipinski definition) is 0. The lowest BCUT2D eigenvalue weighted by Gasteiger charge is -2.06. The lowest BCUT2D eigenvalue weighted by Crippen LogP contribution is -1.85. The Morgan fingerprint density at radius 3 is 2.62 bits per heavy atom. The number of aldehydes is 1. The third kappa shape index (κ3) is 2.31. The molecule has 0 atom stereocenters. The highest BCUT2D eigenvalue weighted by molar-refractivity contribution is 7.15. The van der Waals surface area contributed by atoms with E-state index in [2.05, 4.69) is 6.07 Å². The van der Waals surface area contributed by atoms with Crippen molar-refractivity contribution in [3.05, 3.63) is 46.3 Å². The smallest absolute Gasteiger partial charge is 0.181 e. The van der Waals surface area contributed by atoms with Crippen LogP contribution in [0.5, 0.6) is 10.8 Å². The van der Waals surface area contributed by atoms with E-state index in [0.717, 1.165) is 22.7 Å². The summed E-state index contributed by atoms with van der Waals surface area (Å²) in [5.74, 6) is 0.838. The van der Waals surface area contributed by atoms with Gasteiger partial charge in [-0.05, 0) is 37.6 Å². The molecule has 0 aliphatic rings. The topological polar surface area (TPSA) is 26.3 Å². The fourth-order valence-corrected chi connectivity index (χ4v) is 2.16. The van der Waals surface area contributed by atoms with Crippen LogP contribution in [-0.2, 0) is 0 Å². The normalized spacial score (nSPS) is 10.1. The largest absolute Gasteiger partial charge is 0.446 e. The van der Waals surface area contributed by atoms with Gasteiger partial charge >= 0.3 is 0 Å². The van der Waals surface area contributed by atoms with Gasteiger partial charge in [0.1, 0.15) is 5.75 Å². The molecule has 1 aromatic heterocycles.